The number of benzene rings is 2. The lowest BCUT2D eigenvalue weighted by atomic mass is 9.93. The van der Waals surface area contributed by atoms with E-state index in [1.54, 1.807) is 7.11 Å². The molecule has 0 aliphatic rings. The van der Waals surface area contributed by atoms with Gasteiger partial charge >= 0.3 is 0 Å². The molecule has 0 saturated heterocycles. The second-order valence-electron chi connectivity index (χ2n) is 4.85. The zero-order valence-corrected chi connectivity index (χ0v) is 14.6. The van der Waals surface area contributed by atoms with Crippen molar-refractivity contribution in [3.8, 4) is 5.75 Å². The second-order valence-corrected chi connectivity index (χ2v) is 6.42. The molecule has 1 atom stereocenters. The van der Waals surface area contributed by atoms with Crippen molar-refractivity contribution < 1.29 is 4.74 Å². The summed E-state index contributed by atoms with van der Waals surface area (Å²) in [6.07, 6.45) is 0. The number of hydrogen-bond acceptors (Lipinski definition) is 2. The van der Waals surface area contributed by atoms with Gasteiger partial charge in [0.1, 0.15) is 5.75 Å². The average molecular weight is 402 g/mol. The molecule has 0 amide bonds. The first-order valence-electron chi connectivity index (χ1n) is 6.29. The fourth-order valence-electron chi connectivity index (χ4n) is 2.38. The zero-order valence-electron chi connectivity index (χ0n) is 11.7. The molecule has 0 bridgehead atoms. The summed E-state index contributed by atoms with van der Waals surface area (Å²) in [7, 11) is 1.67. The van der Waals surface area contributed by atoms with E-state index in [0.717, 1.165) is 36.6 Å². The summed E-state index contributed by atoms with van der Waals surface area (Å²) in [5.41, 5.74) is 10.7. The fourth-order valence-corrected chi connectivity index (χ4v) is 2.90. The highest BCUT2D eigenvalue weighted by Crippen LogP contribution is 2.33. The minimum absolute atomic E-state index is 0.250. The maximum absolute atomic E-state index is 6.42. The van der Waals surface area contributed by atoms with Crippen molar-refractivity contribution in [2.75, 3.05) is 7.11 Å². The van der Waals surface area contributed by atoms with E-state index in [2.05, 4.69) is 35.6 Å². The maximum Gasteiger partial charge on any atom is 0.124 e. The molecule has 0 radical (unpaired) electrons. The van der Waals surface area contributed by atoms with Gasteiger partial charge in [0, 0.05) is 9.13 Å². The minimum Gasteiger partial charge on any atom is -0.496 e. The number of ether oxygens (including phenoxy) is 1. The van der Waals surface area contributed by atoms with Gasteiger partial charge in [-0.15, -0.1) is 0 Å². The van der Waals surface area contributed by atoms with Crippen LogP contribution in [0.15, 0.2) is 30.3 Å². The van der Waals surface area contributed by atoms with Crippen molar-refractivity contribution in [1.29, 1.82) is 0 Å². The van der Waals surface area contributed by atoms with Crippen LogP contribution < -0.4 is 10.5 Å². The van der Waals surface area contributed by atoms with Gasteiger partial charge in [-0.25, -0.2) is 0 Å². The standard InChI is InChI=1S/C16H17ClINO/c1-9-6-10(2)15(14(7-9)20-3)16(19)11-4-5-13(18)12(17)8-11/h4-8,16H,19H2,1-3H3. The Bertz CT molecular complexity index is 643. The van der Waals surface area contributed by atoms with Crippen LogP contribution in [-0.4, -0.2) is 7.11 Å². The first kappa shape index (κ1) is 15.6. The summed E-state index contributed by atoms with van der Waals surface area (Å²) in [5, 5.41) is 0.724. The largest absolute Gasteiger partial charge is 0.496 e. The van der Waals surface area contributed by atoms with Crippen molar-refractivity contribution >= 4 is 34.2 Å². The molecule has 2 aromatic carbocycles. The molecule has 2 nitrogen and oxygen atoms in total. The van der Waals surface area contributed by atoms with Crippen molar-refractivity contribution in [2.24, 2.45) is 5.73 Å². The molecule has 2 rings (SSSR count). The molecule has 0 heterocycles. The van der Waals surface area contributed by atoms with E-state index in [1.807, 2.05) is 31.2 Å². The normalized spacial score (nSPS) is 12.3. The van der Waals surface area contributed by atoms with Crippen LogP contribution in [0.2, 0.25) is 5.02 Å². The summed E-state index contributed by atoms with van der Waals surface area (Å²) in [6.45, 7) is 4.10. The Balaban J connectivity index is 2.52. The Hall–Kier alpha value is -0.780. The average Bonchev–Trinajstić information content (AvgIpc) is 2.40. The lowest BCUT2D eigenvalue weighted by Gasteiger charge is -2.20. The molecule has 106 valence electrons. The molecule has 0 aliphatic heterocycles. The molecule has 0 aromatic heterocycles. The number of aryl methyl sites for hydroxylation is 2. The summed E-state index contributed by atoms with van der Waals surface area (Å²) >= 11 is 8.40. The van der Waals surface area contributed by atoms with Crippen LogP contribution in [0.4, 0.5) is 0 Å². The fraction of sp³-hybridized carbons (Fsp3) is 0.250. The molecule has 2 N–H and O–H groups in total. The second kappa shape index (κ2) is 6.33. The van der Waals surface area contributed by atoms with E-state index < -0.39 is 0 Å². The summed E-state index contributed by atoms with van der Waals surface area (Å²) < 4.78 is 6.51. The molecule has 0 aliphatic carbocycles. The van der Waals surface area contributed by atoms with Crippen molar-refractivity contribution in [1.82, 2.24) is 0 Å². The van der Waals surface area contributed by atoms with E-state index in [0.29, 0.717) is 0 Å². The summed E-state index contributed by atoms with van der Waals surface area (Å²) in [5.74, 6) is 0.824. The van der Waals surface area contributed by atoms with Crippen LogP contribution in [0.25, 0.3) is 0 Å². The van der Waals surface area contributed by atoms with Gasteiger partial charge in [0.05, 0.1) is 18.2 Å². The lowest BCUT2D eigenvalue weighted by Crippen LogP contribution is -2.15. The number of halogens is 2. The Morgan fingerprint density at radius 1 is 1.20 bits per heavy atom. The van der Waals surface area contributed by atoms with Crippen LogP contribution in [0.3, 0.4) is 0 Å². The highest BCUT2D eigenvalue weighted by Gasteiger charge is 2.18. The predicted octanol–water partition coefficient (Wildman–Crippen LogP) is 4.62. The highest BCUT2D eigenvalue weighted by atomic mass is 127. The number of methoxy groups -OCH3 is 1. The van der Waals surface area contributed by atoms with E-state index in [9.17, 15) is 0 Å². The number of rotatable bonds is 3. The topological polar surface area (TPSA) is 35.2 Å². The van der Waals surface area contributed by atoms with Gasteiger partial charge in [0.25, 0.3) is 0 Å². The molecule has 20 heavy (non-hydrogen) atoms. The molecule has 0 fully saturated rings. The summed E-state index contributed by atoms with van der Waals surface area (Å²) in [6, 6.07) is 9.79. The van der Waals surface area contributed by atoms with Gasteiger partial charge in [-0.1, -0.05) is 23.7 Å². The van der Waals surface area contributed by atoms with Crippen LogP contribution >= 0.6 is 34.2 Å². The number of nitrogens with two attached hydrogens (primary N) is 1. The smallest absolute Gasteiger partial charge is 0.124 e. The molecular formula is C16H17ClINO. The summed E-state index contributed by atoms with van der Waals surface area (Å²) in [4.78, 5) is 0. The maximum atomic E-state index is 6.42. The van der Waals surface area contributed by atoms with E-state index in [-0.39, 0.29) is 6.04 Å². The monoisotopic (exact) mass is 401 g/mol. The van der Waals surface area contributed by atoms with Crippen molar-refractivity contribution in [2.45, 2.75) is 19.9 Å². The van der Waals surface area contributed by atoms with E-state index in [4.69, 9.17) is 22.1 Å². The van der Waals surface area contributed by atoms with Crippen molar-refractivity contribution in [3.63, 3.8) is 0 Å². The SMILES string of the molecule is COc1cc(C)cc(C)c1C(N)c1ccc(I)c(Cl)c1. The highest BCUT2D eigenvalue weighted by molar-refractivity contribution is 14.1. The molecule has 2 aromatic rings. The molecule has 4 heteroatoms. The third-order valence-corrected chi connectivity index (χ3v) is 4.90. The lowest BCUT2D eigenvalue weighted by molar-refractivity contribution is 0.407. The van der Waals surface area contributed by atoms with Gasteiger partial charge in [-0.05, 0) is 71.3 Å². The Labute approximate surface area is 138 Å². The third-order valence-electron chi connectivity index (χ3n) is 3.33. The third kappa shape index (κ3) is 3.10. The van der Waals surface area contributed by atoms with Crippen molar-refractivity contribution in [3.05, 3.63) is 61.2 Å². The van der Waals surface area contributed by atoms with Gasteiger partial charge in [-0.3, -0.25) is 0 Å². The van der Waals surface area contributed by atoms with Crippen LogP contribution in [0.5, 0.6) is 5.75 Å². The van der Waals surface area contributed by atoms with Crippen LogP contribution in [0.1, 0.15) is 28.3 Å². The zero-order chi connectivity index (χ0) is 14.9. The number of hydrogen-bond donors (Lipinski definition) is 1. The molecular weight excluding hydrogens is 385 g/mol. The molecule has 0 spiro atoms. The van der Waals surface area contributed by atoms with Gasteiger partial charge < -0.3 is 10.5 Å². The van der Waals surface area contributed by atoms with E-state index >= 15 is 0 Å². The van der Waals surface area contributed by atoms with Gasteiger partial charge in [0.2, 0.25) is 0 Å². The van der Waals surface area contributed by atoms with Gasteiger partial charge in [0.15, 0.2) is 0 Å². The Morgan fingerprint density at radius 2 is 1.90 bits per heavy atom. The molecule has 0 saturated carbocycles. The Kier molecular flexibility index (Phi) is 4.94. The van der Waals surface area contributed by atoms with Crippen LogP contribution in [0, 0.1) is 17.4 Å². The first-order valence-corrected chi connectivity index (χ1v) is 7.75. The predicted molar refractivity (Wildman–Crippen MR) is 92.7 cm³/mol. The van der Waals surface area contributed by atoms with Crippen LogP contribution in [-0.2, 0) is 0 Å². The van der Waals surface area contributed by atoms with E-state index in [1.165, 1.54) is 0 Å². The quantitative estimate of drug-likeness (QED) is 0.762. The minimum atomic E-state index is -0.250. The Morgan fingerprint density at radius 3 is 2.50 bits per heavy atom. The molecule has 1 unspecified atom stereocenters. The van der Waals surface area contributed by atoms with Gasteiger partial charge in [-0.2, -0.15) is 0 Å². The first-order chi connectivity index (χ1) is 9.43.